The number of rotatable bonds is 8. The van der Waals surface area contributed by atoms with E-state index >= 15 is 0 Å². The van der Waals surface area contributed by atoms with E-state index in [1.54, 1.807) is 6.08 Å². The smallest absolute Gasteiger partial charge is 0.524 e. The molecule has 0 saturated heterocycles. The summed E-state index contributed by atoms with van der Waals surface area (Å²) in [6.45, 7) is 0. The van der Waals surface area contributed by atoms with Crippen molar-refractivity contribution in [1.82, 2.24) is 0 Å². The van der Waals surface area contributed by atoms with E-state index in [0.717, 1.165) is 50.0 Å². The van der Waals surface area contributed by atoms with E-state index in [0.29, 0.717) is 0 Å². The van der Waals surface area contributed by atoms with Crippen LogP contribution in [0.3, 0.4) is 0 Å². The molecular formula is C28H33B2O5. The summed E-state index contributed by atoms with van der Waals surface area (Å²) in [6, 6.07) is 28.2. The van der Waals surface area contributed by atoms with Gasteiger partial charge in [0.15, 0.2) is 0 Å². The molecule has 7 heteroatoms. The Morgan fingerprint density at radius 3 is 1.74 bits per heavy atom. The maximum Gasteiger partial charge on any atom is 0.658 e. The lowest BCUT2D eigenvalue weighted by Crippen LogP contribution is -2.05. The number of allylic oxidation sites excluding steroid dienone is 1. The first-order chi connectivity index (χ1) is 16.7. The summed E-state index contributed by atoms with van der Waals surface area (Å²) in [4.78, 5) is 0. The van der Waals surface area contributed by atoms with E-state index in [9.17, 15) is 0 Å². The van der Waals surface area contributed by atoms with E-state index in [2.05, 4.69) is 42.3 Å². The predicted molar refractivity (Wildman–Crippen MR) is 144 cm³/mol. The van der Waals surface area contributed by atoms with Crippen LogP contribution in [0.15, 0.2) is 97.0 Å². The zero-order valence-electron chi connectivity index (χ0n) is 19.9. The first-order valence-electron chi connectivity index (χ1n) is 11.5. The normalized spacial score (nSPS) is 10.4. The van der Waals surface area contributed by atoms with Crippen LogP contribution in [-0.2, 0) is 12.8 Å². The van der Waals surface area contributed by atoms with E-state index in [1.165, 1.54) is 24.8 Å². The van der Waals surface area contributed by atoms with Gasteiger partial charge in [-0.1, -0.05) is 84.8 Å². The van der Waals surface area contributed by atoms with Crippen LogP contribution in [0.4, 0.5) is 0 Å². The molecule has 1 aliphatic heterocycles. The number of para-hydroxylation sites is 2. The van der Waals surface area contributed by atoms with Gasteiger partial charge in [0.2, 0.25) is 0 Å². The lowest BCUT2D eigenvalue weighted by Gasteiger charge is -1.97. The lowest BCUT2D eigenvalue weighted by atomic mass is 9.91. The van der Waals surface area contributed by atoms with Gasteiger partial charge in [0.25, 0.3) is 0 Å². The van der Waals surface area contributed by atoms with Crippen molar-refractivity contribution >= 4 is 14.8 Å². The Labute approximate surface area is 210 Å². The quantitative estimate of drug-likeness (QED) is 0.290. The Kier molecular flexibility index (Phi) is 16.0. The maximum absolute atomic E-state index is 8.54. The molecule has 0 amide bonds. The predicted octanol–water partition coefficient (Wildman–Crippen LogP) is 4.39. The van der Waals surface area contributed by atoms with E-state index in [4.69, 9.17) is 25.8 Å². The molecule has 0 aliphatic carbocycles. The van der Waals surface area contributed by atoms with Crippen LogP contribution in [-0.4, -0.2) is 30.3 Å². The van der Waals surface area contributed by atoms with E-state index in [1.807, 2.05) is 48.5 Å². The van der Waals surface area contributed by atoms with Crippen LogP contribution in [0.2, 0.25) is 0 Å². The van der Waals surface area contributed by atoms with Gasteiger partial charge in [0.05, 0.1) is 0 Å². The highest BCUT2D eigenvalue weighted by atomic mass is 16.6. The van der Waals surface area contributed by atoms with Crippen LogP contribution >= 0.6 is 0 Å². The van der Waals surface area contributed by atoms with Crippen molar-refractivity contribution in [3.63, 3.8) is 0 Å². The molecule has 1 aliphatic rings. The summed E-state index contributed by atoms with van der Waals surface area (Å²) in [5, 5.41) is 17.1. The van der Waals surface area contributed by atoms with Gasteiger partial charge in [-0.15, -0.1) is 12.3 Å². The molecule has 4 N–H and O–H groups in total. The molecule has 5 nitrogen and oxygen atoms in total. The Morgan fingerprint density at radius 2 is 1.26 bits per heavy atom. The number of benzene rings is 3. The molecule has 0 unspecified atom stereocenters. The fraction of sp³-hybridized carbons (Fsp3) is 0.214. The monoisotopic (exact) mass is 471 g/mol. The van der Waals surface area contributed by atoms with Gasteiger partial charge in [-0.3, -0.25) is 0 Å². The summed E-state index contributed by atoms with van der Waals surface area (Å²) >= 11 is 0. The van der Waals surface area contributed by atoms with Crippen molar-refractivity contribution in [2.75, 3.05) is 0 Å². The molecule has 0 fully saturated rings. The van der Waals surface area contributed by atoms with Crippen molar-refractivity contribution in [3.05, 3.63) is 108 Å². The van der Waals surface area contributed by atoms with Crippen LogP contribution < -0.4 is 9.31 Å². The summed E-state index contributed by atoms with van der Waals surface area (Å²) in [5.74, 6) is 5.61. The number of terminal acetylenes is 1. The van der Waals surface area contributed by atoms with Gasteiger partial charge in [0.1, 0.15) is 11.5 Å². The van der Waals surface area contributed by atoms with Gasteiger partial charge in [-0.25, -0.2) is 0 Å². The highest BCUT2D eigenvalue weighted by Crippen LogP contribution is 2.29. The molecule has 0 bridgehead atoms. The second-order valence-electron chi connectivity index (χ2n) is 7.54. The molecule has 0 atom stereocenters. The van der Waals surface area contributed by atoms with Gasteiger partial charge in [-0.2, -0.15) is 0 Å². The number of aryl methyl sites for hydroxylation is 2. The van der Waals surface area contributed by atoms with E-state index in [-0.39, 0.29) is 5.48 Å². The van der Waals surface area contributed by atoms with Crippen LogP contribution in [0.1, 0.15) is 36.8 Å². The zero-order valence-corrected chi connectivity index (χ0v) is 19.9. The molecule has 1 heterocycles. The Morgan fingerprint density at radius 1 is 0.771 bits per heavy atom. The van der Waals surface area contributed by atoms with Crippen molar-refractivity contribution in [3.8, 4) is 23.8 Å². The van der Waals surface area contributed by atoms with E-state index < -0.39 is 7.12 Å². The van der Waals surface area contributed by atoms with Gasteiger partial charge < -0.3 is 24.8 Å². The fourth-order valence-electron chi connectivity index (χ4n) is 3.10. The highest BCUT2D eigenvalue weighted by molar-refractivity contribution is 6.47. The molecular weight excluding hydrogens is 438 g/mol. The van der Waals surface area contributed by atoms with Crippen molar-refractivity contribution in [2.45, 2.75) is 38.5 Å². The first kappa shape index (κ1) is 29.6. The minimum atomic E-state index is -1.31. The minimum Gasteiger partial charge on any atom is -0.524 e. The van der Waals surface area contributed by atoms with Crippen molar-refractivity contribution in [2.24, 2.45) is 0 Å². The van der Waals surface area contributed by atoms with Crippen LogP contribution in [0.25, 0.3) is 0 Å². The Balaban J connectivity index is 0.000000264. The zero-order chi connectivity index (χ0) is 24.3. The number of hydrogen-bond donors (Lipinski definition) is 2. The summed E-state index contributed by atoms with van der Waals surface area (Å²) in [5.41, 5.74) is 2.70. The molecule has 4 rings (SSSR count). The standard InChI is InChI=1S/C11H15BO2.C11H12.C6H4BO2.H2O/c13-12(14)10-6-2-5-9-11-7-3-1-4-8-11;1-2-3-5-8-11-9-6-4-7-10-11;1-2-4-6-5(3-1)8-7-9-6;/h1,3-4,6-8,10,13-14H,2,5,9H2;1,4,6-7,9-10H,3,5,8H2;1-4H;1H2/b10-6+;;;. The average molecular weight is 471 g/mol. The van der Waals surface area contributed by atoms with Gasteiger partial charge in [-0.05, 0) is 55.4 Å². The summed E-state index contributed by atoms with van der Waals surface area (Å²) in [6.07, 6.45) is 13.0. The fourth-order valence-corrected chi connectivity index (χ4v) is 3.10. The number of unbranched alkanes of at least 4 members (excludes halogenated alkanes) is 2. The van der Waals surface area contributed by atoms with Gasteiger partial charge >= 0.3 is 14.8 Å². The average Bonchev–Trinajstić information content (AvgIpc) is 3.35. The first-order valence-corrected chi connectivity index (χ1v) is 11.5. The number of hydrogen-bond acceptors (Lipinski definition) is 4. The van der Waals surface area contributed by atoms with Crippen molar-refractivity contribution in [1.29, 1.82) is 0 Å². The topological polar surface area (TPSA) is 90.4 Å². The molecule has 0 spiro atoms. The van der Waals surface area contributed by atoms with Crippen LogP contribution in [0, 0.1) is 12.3 Å². The largest absolute Gasteiger partial charge is 0.658 e. The summed E-state index contributed by atoms with van der Waals surface area (Å²) in [7, 11) is 0.0109. The third-order valence-electron chi connectivity index (χ3n) is 4.82. The lowest BCUT2D eigenvalue weighted by molar-refractivity contribution is 0.424. The highest BCUT2D eigenvalue weighted by Gasteiger charge is 2.14. The van der Waals surface area contributed by atoms with Crippen LogP contribution in [0.5, 0.6) is 11.5 Å². The third-order valence-corrected chi connectivity index (χ3v) is 4.82. The Bertz CT molecular complexity index is 966. The number of fused-ring (bicyclic) bond motifs is 1. The third kappa shape index (κ3) is 13.8. The van der Waals surface area contributed by atoms with Gasteiger partial charge in [0, 0.05) is 6.42 Å². The SMILES string of the molecule is C#CCCCc1ccccc1.O.OB(O)/C=C/CCCc1ccccc1.[B]1Oc2ccccc2O1. The summed E-state index contributed by atoms with van der Waals surface area (Å²) < 4.78 is 9.90. The molecule has 0 saturated carbocycles. The molecule has 0 aromatic heterocycles. The Hall–Kier alpha value is -3.43. The second-order valence-corrected chi connectivity index (χ2v) is 7.54. The molecule has 181 valence electrons. The molecule has 3 aromatic carbocycles. The van der Waals surface area contributed by atoms with Crippen molar-refractivity contribution < 1.29 is 24.8 Å². The molecule has 35 heavy (non-hydrogen) atoms. The second kappa shape index (κ2) is 18.9. The molecule has 1 radical (unpaired) electrons. The molecule has 3 aromatic rings. The minimum absolute atomic E-state index is 0. The maximum atomic E-state index is 8.54.